The highest BCUT2D eigenvalue weighted by molar-refractivity contribution is 7.46. The van der Waals surface area contributed by atoms with Crippen molar-refractivity contribution in [3.8, 4) is 0 Å². The molecule has 0 aliphatic rings. The van der Waals surface area contributed by atoms with Crippen LogP contribution in [0.1, 0.15) is 123 Å². The highest BCUT2D eigenvalue weighted by Crippen LogP contribution is 2.35. The van der Waals surface area contributed by atoms with Crippen LogP contribution in [0.5, 0.6) is 0 Å². The molecule has 0 rings (SSSR count). The third-order valence-corrected chi connectivity index (χ3v) is 8.24. The van der Waals surface area contributed by atoms with Crippen molar-refractivity contribution < 1.29 is 43.0 Å². The number of ether oxygens (including phenoxy) is 2. The molecular weight excluding hydrogens is 739 g/mol. The zero-order valence-electron chi connectivity index (χ0n) is 34.5. The van der Waals surface area contributed by atoms with E-state index in [1.807, 2.05) is 48.6 Å². The Bertz CT molecular complexity index is 1390. The lowest BCUT2D eigenvalue weighted by atomic mass is 10.1. The lowest BCUT2D eigenvalue weighted by Gasteiger charge is -2.18. The molecule has 0 amide bonds. The summed E-state index contributed by atoms with van der Waals surface area (Å²) in [5, 5.41) is 9.82. The minimum absolute atomic E-state index is 0.0543. The van der Waals surface area contributed by atoms with Crippen LogP contribution in [0.15, 0.2) is 134 Å². The predicted octanol–water partition coefficient (Wildman–Crippen LogP) is 11.7. The van der Waals surface area contributed by atoms with E-state index in [0.717, 1.165) is 70.6 Å². The van der Waals surface area contributed by atoms with Crippen LogP contribution in [-0.2, 0) is 28.2 Å². The van der Waals surface area contributed by atoms with Gasteiger partial charge < -0.3 is 24.4 Å². The minimum Gasteiger partial charge on any atom is -0.462 e. The summed E-state index contributed by atoms with van der Waals surface area (Å²) in [5.74, 6) is -1.06. The number of aliphatic hydroxyl groups is 1. The predicted molar refractivity (Wildman–Crippen MR) is 235 cm³/mol. The van der Waals surface area contributed by atoms with Crippen LogP contribution in [0.2, 0.25) is 0 Å². The molecule has 0 fully saturated rings. The Hall–Kier alpha value is -3.85. The van der Waals surface area contributed by atoms with Gasteiger partial charge in [-0.2, -0.15) is 0 Å². The smallest absolute Gasteiger partial charge is 0.462 e. The van der Waals surface area contributed by atoms with Crippen LogP contribution < -0.4 is 0 Å². The maximum absolute atomic E-state index is 12.4. The van der Waals surface area contributed by atoms with E-state index in [4.69, 9.17) is 19.3 Å². The third kappa shape index (κ3) is 43.1. The van der Waals surface area contributed by atoms with Gasteiger partial charge in [0.05, 0.1) is 12.7 Å². The Labute approximate surface area is 344 Å². The molecule has 0 heterocycles. The Balaban J connectivity index is 4.20. The molecule has 0 spiro atoms. The fourth-order valence-corrected chi connectivity index (χ4v) is 5.10. The van der Waals surface area contributed by atoms with Crippen molar-refractivity contribution in [3.05, 3.63) is 134 Å². The molecule has 2 atom stereocenters. The van der Waals surface area contributed by atoms with Crippen molar-refractivity contribution in [1.82, 2.24) is 0 Å². The average Bonchev–Trinajstić information content (AvgIpc) is 3.18. The Morgan fingerprint density at radius 3 is 1.58 bits per heavy atom. The number of rotatable bonds is 35. The zero-order chi connectivity index (χ0) is 41.9. The molecular formula is C47H71O9P. The van der Waals surface area contributed by atoms with Gasteiger partial charge in [0.25, 0.3) is 0 Å². The first kappa shape index (κ1) is 53.1. The number of phosphoric ester groups is 1. The molecule has 0 radical (unpaired) electrons. The van der Waals surface area contributed by atoms with E-state index in [0.29, 0.717) is 25.7 Å². The van der Waals surface area contributed by atoms with Gasteiger partial charge in [-0.25, -0.2) is 4.57 Å². The molecule has 0 aromatic carbocycles. The standard InChI is InChI=1S/C47H71O9P/c1-3-5-7-8-9-10-11-12-13-14-15-16-17-20-23-26-29-32-36-40-46(49)54-42-45(43-55-57(51,52)53)56-47(50)41-37-33-30-27-24-21-18-19-22-25-28-31-35-39-44(48)38-34-6-4-2/h5-7,9-10,12-13,15-16,19-24,28,30-31,33-35,39,44-45,48H,3-4,8,11,14,17-18,25-27,29,32,36-38,40-43H2,1-2H3,(H2,51,52,53)/b7-5-,10-9-,13-12-,16-15-,22-19-,23-20-,24-21-,31-28+,33-30-,34-6-,39-35+/t44?,45-/m1/s1. The highest BCUT2D eigenvalue weighted by Gasteiger charge is 2.22. The van der Waals surface area contributed by atoms with Gasteiger partial charge in [-0.05, 0) is 89.9 Å². The van der Waals surface area contributed by atoms with Gasteiger partial charge in [0.15, 0.2) is 6.10 Å². The van der Waals surface area contributed by atoms with E-state index >= 15 is 0 Å². The first-order chi connectivity index (χ1) is 27.7. The van der Waals surface area contributed by atoms with E-state index < -0.39 is 38.6 Å². The monoisotopic (exact) mass is 810 g/mol. The molecule has 0 saturated heterocycles. The molecule has 318 valence electrons. The molecule has 0 aliphatic carbocycles. The van der Waals surface area contributed by atoms with Crippen molar-refractivity contribution in [1.29, 1.82) is 0 Å². The number of phosphoric acid groups is 1. The second-order valence-electron chi connectivity index (χ2n) is 13.0. The maximum Gasteiger partial charge on any atom is 0.469 e. The number of hydrogen-bond acceptors (Lipinski definition) is 7. The first-order valence-corrected chi connectivity index (χ1v) is 22.1. The van der Waals surface area contributed by atoms with E-state index in [9.17, 15) is 19.3 Å². The van der Waals surface area contributed by atoms with E-state index in [1.165, 1.54) is 0 Å². The van der Waals surface area contributed by atoms with Gasteiger partial charge in [0.1, 0.15) is 6.61 Å². The van der Waals surface area contributed by atoms with E-state index in [-0.39, 0.29) is 19.4 Å². The SMILES string of the molecule is CC/C=C\C/C=C\C/C=C\C/C=C\C/C=C\CCCCCC(=O)OC[C@H](COP(=O)(O)O)OC(=O)CC/C=C\C/C=C\C/C=C\C/C=C/C=C/C(O)C/C=C\CC. The summed E-state index contributed by atoms with van der Waals surface area (Å²) in [5.41, 5.74) is 0. The Morgan fingerprint density at radius 2 is 1.04 bits per heavy atom. The van der Waals surface area contributed by atoms with Crippen LogP contribution in [0.4, 0.5) is 0 Å². The van der Waals surface area contributed by atoms with Crippen LogP contribution >= 0.6 is 7.82 Å². The van der Waals surface area contributed by atoms with E-state index in [2.05, 4.69) is 97.4 Å². The van der Waals surface area contributed by atoms with Crippen molar-refractivity contribution in [2.45, 2.75) is 135 Å². The fourth-order valence-electron chi connectivity index (χ4n) is 4.74. The number of aliphatic hydroxyl groups excluding tert-OH is 1. The topological polar surface area (TPSA) is 140 Å². The molecule has 57 heavy (non-hydrogen) atoms. The maximum atomic E-state index is 12.4. The summed E-state index contributed by atoms with van der Waals surface area (Å²) in [7, 11) is -4.80. The fraction of sp³-hybridized carbons (Fsp3) is 0.489. The third-order valence-electron chi connectivity index (χ3n) is 7.76. The lowest BCUT2D eigenvalue weighted by Crippen LogP contribution is -2.29. The molecule has 1 unspecified atom stereocenters. The average molecular weight is 811 g/mol. The summed E-state index contributed by atoms with van der Waals surface area (Å²) in [6, 6.07) is 0. The van der Waals surface area contributed by atoms with Crippen molar-refractivity contribution >= 4 is 19.8 Å². The first-order valence-electron chi connectivity index (χ1n) is 20.6. The van der Waals surface area contributed by atoms with Crippen molar-refractivity contribution in [3.63, 3.8) is 0 Å². The van der Waals surface area contributed by atoms with Crippen LogP contribution in [0.3, 0.4) is 0 Å². The number of carbonyl (C=O) groups excluding carboxylic acids is 2. The van der Waals surface area contributed by atoms with Gasteiger partial charge >= 0.3 is 19.8 Å². The number of esters is 2. The Morgan fingerprint density at radius 1 is 0.544 bits per heavy atom. The quantitative estimate of drug-likeness (QED) is 0.0188. The second-order valence-corrected chi connectivity index (χ2v) is 14.3. The highest BCUT2D eigenvalue weighted by atomic mass is 31.2. The molecule has 0 aromatic rings. The van der Waals surface area contributed by atoms with Crippen LogP contribution in [0, 0.1) is 0 Å². The summed E-state index contributed by atoms with van der Waals surface area (Å²) in [6.45, 7) is 3.25. The molecule has 9 nitrogen and oxygen atoms in total. The van der Waals surface area contributed by atoms with Gasteiger partial charge in [-0.1, -0.05) is 154 Å². The van der Waals surface area contributed by atoms with Gasteiger partial charge in [-0.3, -0.25) is 14.1 Å². The van der Waals surface area contributed by atoms with Crippen LogP contribution in [-0.4, -0.2) is 52.3 Å². The summed E-state index contributed by atoms with van der Waals surface area (Å²) in [6.07, 6.45) is 56.5. The number of hydrogen-bond donors (Lipinski definition) is 3. The Kier molecular flexibility index (Phi) is 37.6. The van der Waals surface area contributed by atoms with Gasteiger partial charge in [-0.15, -0.1) is 0 Å². The molecule has 0 aliphatic heterocycles. The summed E-state index contributed by atoms with van der Waals surface area (Å²) in [4.78, 5) is 42.8. The summed E-state index contributed by atoms with van der Waals surface area (Å²) >= 11 is 0. The lowest BCUT2D eigenvalue weighted by molar-refractivity contribution is -0.161. The van der Waals surface area contributed by atoms with E-state index in [1.54, 1.807) is 6.08 Å². The zero-order valence-corrected chi connectivity index (χ0v) is 35.4. The molecule has 3 N–H and O–H groups in total. The minimum atomic E-state index is -4.80. The van der Waals surface area contributed by atoms with Gasteiger partial charge in [0, 0.05) is 12.8 Å². The van der Waals surface area contributed by atoms with Crippen molar-refractivity contribution in [2.75, 3.05) is 13.2 Å². The number of allylic oxidation sites excluding steroid dienone is 20. The largest absolute Gasteiger partial charge is 0.469 e. The molecule has 10 heteroatoms. The number of unbranched alkanes of at least 4 members (excludes halogenated alkanes) is 3. The molecule has 0 aromatic heterocycles. The second kappa shape index (κ2) is 40.4. The van der Waals surface area contributed by atoms with Crippen molar-refractivity contribution in [2.24, 2.45) is 0 Å². The van der Waals surface area contributed by atoms with Gasteiger partial charge in [0.2, 0.25) is 0 Å². The number of carbonyl (C=O) groups is 2. The normalized spacial score (nSPS) is 14.4. The van der Waals surface area contributed by atoms with Crippen LogP contribution in [0.25, 0.3) is 0 Å². The summed E-state index contributed by atoms with van der Waals surface area (Å²) < 4.78 is 26.3. The molecule has 0 saturated carbocycles. The molecule has 0 bridgehead atoms.